The number of benzene rings is 1. The molecule has 2 bridgehead atoms. The first-order valence-electron chi connectivity index (χ1n) is 10.6. The van der Waals surface area contributed by atoms with Crippen LogP contribution >= 0.6 is 0 Å². The third-order valence-electron chi connectivity index (χ3n) is 7.85. The maximum atomic E-state index is 13.0. The van der Waals surface area contributed by atoms with Gasteiger partial charge in [0.15, 0.2) is 0 Å². The van der Waals surface area contributed by atoms with Crippen LogP contribution in [0.1, 0.15) is 46.0 Å². The summed E-state index contributed by atoms with van der Waals surface area (Å²) in [6.45, 7) is 5.77. The van der Waals surface area contributed by atoms with E-state index < -0.39 is 15.4 Å². The molecular weight excluding hydrogens is 388 g/mol. The molecule has 160 valence electrons. The summed E-state index contributed by atoms with van der Waals surface area (Å²) < 4.78 is 34.1. The van der Waals surface area contributed by atoms with Crippen LogP contribution < -0.4 is 14.4 Å². The van der Waals surface area contributed by atoms with Crippen LogP contribution in [0.25, 0.3) is 0 Å². The van der Waals surface area contributed by atoms with E-state index in [1.54, 1.807) is 7.11 Å². The van der Waals surface area contributed by atoms with Gasteiger partial charge in [0, 0.05) is 36.7 Å². The summed E-state index contributed by atoms with van der Waals surface area (Å²) in [5, 5.41) is 0. The molecule has 2 unspecified atom stereocenters. The molecular formula is C22H32N2O4S. The average molecular weight is 421 g/mol. The fraction of sp³-hybridized carbons (Fsp3) is 0.682. The van der Waals surface area contributed by atoms with E-state index in [9.17, 15) is 13.2 Å². The highest BCUT2D eigenvalue weighted by Gasteiger charge is 2.65. The SMILES string of the molecule is COc1ccc(N2CCC(NS(=O)(=O)CC34CCC(CC3=O)C4(C)C)CC2)cc1. The van der Waals surface area contributed by atoms with Crippen molar-refractivity contribution in [2.24, 2.45) is 16.7 Å². The van der Waals surface area contributed by atoms with Crippen LogP contribution in [0, 0.1) is 16.7 Å². The molecule has 3 aliphatic rings. The Kier molecular flexibility index (Phi) is 5.18. The highest BCUT2D eigenvalue weighted by Crippen LogP contribution is 2.64. The second-order valence-electron chi connectivity index (χ2n) is 9.50. The number of nitrogens with one attached hydrogen (secondary N) is 1. The largest absolute Gasteiger partial charge is 0.497 e. The number of carbonyl (C=O) groups is 1. The van der Waals surface area contributed by atoms with Crippen molar-refractivity contribution >= 4 is 21.5 Å². The number of hydrogen-bond donors (Lipinski definition) is 1. The Morgan fingerprint density at radius 1 is 1.14 bits per heavy atom. The van der Waals surface area contributed by atoms with Gasteiger partial charge in [0.25, 0.3) is 0 Å². The minimum Gasteiger partial charge on any atom is -0.497 e. The van der Waals surface area contributed by atoms with Gasteiger partial charge in [-0.3, -0.25) is 4.79 Å². The Labute approximate surface area is 174 Å². The van der Waals surface area contributed by atoms with Gasteiger partial charge in [0.05, 0.1) is 12.9 Å². The quantitative estimate of drug-likeness (QED) is 0.766. The molecule has 0 spiro atoms. The number of methoxy groups -OCH3 is 1. The molecule has 1 aromatic carbocycles. The summed E-state index contributed by atoms with van der Waals surface area (Å²) in [6, 6.07) is 7.89. The third kappa shape index (κ3) is 3.56. The summed E-state index contributed by atoms with van der Waals surface area (Å²) in [5.74, 6) is 1.26. The molecule has 4 rings (SSSR count). The average Bonchev–Trinajstić information content (AvgIpc) is 3.02. The fourth-order valence-corrected chi connectivity index (χ4v) is 7.93. The molecule has 29 heavy (non-hydrogen) atoms. The zero-order valence-electron chi connectivity index (χ0n) is 17.6. The van der Waals surface area contributed by atoms with Crippen LogP contribution in [0.4, 0.5) is 5.69 Å². The van der Waals surface area contributed by atoms with Crippen molar-refractivity contribution in [2.45, 2.75) is 52.0 Å². The summed E-state index contributed by atoms with van der Waals surface area (Å²) in [4.78, 5) is 15.0. The Bertz CT molecular complexity index is 873. The number of Topliss-reactive ketones (excluding diaryl/α,β-unsaturated/α-hetero) is 1. The number of ketones is 1. The first-order chi connectivity index (χ1) is 13.7. The minimum atomic E-state index is -3.51. The summed E-state index contributed by atoms with van der Waals surface area (Å²) in [5.41, 5.74) is 0.199. The number of fused-ring (bicyclic) bond motifs is 2. The van der Waals surface area contributed by atoms with Gasteiger partial charge in [0.1, 0.15) is 11.5 Å². The number of ether oxygens (including phenoxy) is 1. The molecule has 1 aliphatic heterocycles. The van der Waals surface area contributed by atoms with E-state index in [0.717, 1.165) is 43.8 Å². The van der Waals surface area contributed by atoms with Crippen molar-refractivity contribution in [1.82, 2.24) is 4.72 Å². The highest BCUT2D eigenvalue weighted by molar-refractivity contribution is 7.89. The van der Waals surface area contributed by atoms with Gasteiger partial charge < -0.3 is 9.64 Å². The van der Waals surface area contributed by atoms with Crippen molar-refractivity contribution in [1.29, 1.82) is 0 Å². The van der Waals surface area contributed by atoms with Crippen molar-refractivity contribution in [3.63, 3.8) is 0 Å². The standard InChI is InChI=1S/C22H32N2O4S/c1-21(2)16-8-11-22(21,20(25)14-16)15-29(26,27)23-17-9-12-24(13-10-17)18-4-6-19(28-3)7-5-18/h4-7,16-17,23H,8-15H2,1-3H3. The molecule has 1 aromatic rings. The highest BCUT2D eigenvalue weighted by atomic mass is 32.2. The smallest absolute Gasteiger partial charge is 0.212 e. The molecule has 1 heterocycles. The van der Waals surface area contributed by atoms with E-state index in [4.69, 9.17) is 4.74 Å². The molecule has 0 amide bonds. The van der Waals surface area contributed by atoms with Crippen LogP contribution in [0.5, 0.6) is 5.75 Å². The summed E-state index contributed by atoms with van der Waals surface area (Å²) >= 11 is 0. The third-order valence-corrected chi connectivity index (χ3v) is 9.42. The second kappa shape index (κ2) is 7.27. The number of sulfonamides is 1. The van der Waals surface area contributed by atoms with Crippen LogP contribution in [0.2, 0.25) is 0 Å². The molecule has 1 N–H and O–H groups in total. The van der Waals surface area contributed by atoms with E-state index in [-0.39, 0.29) is 23.0 Å². The van der Waals surface area contributed by atoms with Crippen LogP contribution in [-0.2, 0) is 14.8 Å². The number of piperidine rings is 1. The number of hydrogen-bond acceptors (Lipinski definition) is 5. The normalized spacial score (nSPS) is 29.4. The van der Waals surface area contributed by atoms with Crippen LogP contribution in [0.3, 0.4) is 0 Å². The van der Waals surface area contributed by atoms with Crippen LogP contribution in [-0.4, -0.2) is 46.2 Å². The second-order valence-corrected chi connectivity index (χ2v) is 11.3. The van der Waals surface area contributed by atoms with Crippen molar-refractivity contribution in [2.75, 3.05) is 30.9 Å². The molecule has 6 nitrogen and oxygen atoms in total. The maximum absolute atomic E-state index is 13.0. The molecule has 2 atom stereocenters. The molecule has 0 radical (unpaired) electrons. The van der Waals surface area contributed by atoms with Gasteiger partial charge in [-0.05, 0) is 61.3 Å². The lowest BCUT2D eigenvalue weighted by Crippen LogP contribution is -2.50. The molecule has 2 aliphatic carbocycles. The van der Waals surface area contributed by atoms with Gasteiger partial charge >= 0.3 is 0 Å². The first-order valence-corrected chi connectivity index (χ1v) is 12.2. The van der Waals surface area contributed by atoms with Gasteiger partial charge in [-0.25, -0.2) is 13.1 Å². The van der Waals surface area contributed by atoms with Gasteiger partial charge in [-0.2, -0.15) is 0 Å². The zero-order chi connectivity index (χ0) is 20.9. The van der Waals surface area contributed by atoms with Crippen molar-refractivity contribution in [3.05, 3.63) is 24.3 Å². The summed E-state index contributed by atoms with van der Waals surface area (Å²) in [6.07, 6.45) is 3.74. The maximum Gasteiger partial charge on any atom is 0.212 e. The zero-order valence-corrected chi connectivity index (χ0v) is 18.4. The molecule has 1 saturated heterocycles. The number of anilines is 1. The Morgan fingerprint density at radius 2 is 1.79 bits per heavy atom. The van der Waals surface area contributed by atoms with Crippen LogP contribution in [0.15, 0.2) is 24.3 Å². The molecule has 7 heteroatoms. The van der Waals surface area contributed by atoms with Gasteiger partial charge in [-0.1, -0.05) is 13.8 Å². The lowest BCUT2D eigenvalue weighted by atomic mass is 9.70. The van der Waals surface area contributed by atoms with Gasteiger partial charge in [-0.15, -0.1) is 0 Å². The Morgan fingerprint density at radius 3 is 2.31 bits per heavy atom. The predicted molar refractivity (Wildman–Crippen MR) is 114 cm³/mol. The Balaban J connectivity index is 1.37. The molecule has 2 saturated carbocycles. The first kappa shape index (κ1) is 20.7. The van der Waals surface area contributed by atoms with Gasteiger partial charge in [0.2, 0.25) is 10.0 Å². The fourth-order valence-electron chi connectivity index (χ4n) is 5.78. The lowest BCUT2D eigenvalue weighted by Gasteiger charge is -2.37. The van der Waals surface area contributed by atoms with Crippen molar-refractivity contribution in [3.8, 4) is 5.75 Å². The Hall–Kier alpha value is -1.60. The van der Waals surface area contributed by atoms with E-state index in [2.05, 4.69) is 23.5 Å². The minimum absolute atomic E-state index is 0.0545. The summed E-state index contributed by atoms with van der Waals surface area (Å²) in [7, 11) is -1.86. The van der Waals surface area contributed by atoms with E-state index in [1.807, 2.05) is 24.3 Å². The van der Waals surface area contributed by atoms with E-state index >= 15 is 0 Å². The molecule has 0 aromatic heterocycles. The van der Waals surface area contributed by atoms with E-state index in [1.165, 1.54) is 0 Å². The monoisotopic (exact) mass is 420 g/mol. The lowest BCUT2D eigenvalue weighted by molar-refractivity contribution is -0.128. The topological polar surface area (TPSA) is 75.7 Å². The molecule has 3 fully saturated rings. The number of nitrogens with zero attached hydrogens (tertiary/aromatic N) is 1. The number of carbonyl (C=O) groups excluding carboxylic acids is 1. The predicted octanol–water partition coefficient (Wildman–Crippen LogP) is 2.98. The van der Waals surface area contributed by atoms with Crippen molar-refractivity contribution < 1.29 is 17.9 Å². The van der Waals surface area contributed by atoms with E-state index in [0.29, 0.717) is 18.8 Å². The number of rotatable bonds is 6.